The van der Waals surface area contributed by atoms with Crippen molar-refractivity contribution < 1.29 is 4.79 Å². The molecule has 0 saturated heterocycles. The van der Waals surface area contributed by atoms with Gasteiger partial charge >= 0.3 is 0 Å². The number of amides is 1. The molecule has 1 aromatic rings. The van der Waals surface area contributed by atoms with Crippen LogP contribution in [0, 0.1) is 6.92 Å². The molecular formula is C15H20BrNOS. The second-order valence-corrected chi connectivity index (χ2v) is 7.46. The molecule has 2 atom stereocenters. The average Bonchev–Trinajstić information content (AvgIpc) is 2.80. The Morgan fingerprint density at radius 1 is 1.47 bits per heavy atom. The monoisotopic (exact) mass is 341 g/mol. The maximum absolute atomic E-state index is 12.2. The zero-order valence-electron chi connectivity index (χ0n) is 11.4. The van der Waals surface area contributed by atoms with E-state index in [-0.39, 0.29) is 5.91 Å². The van der Waals surface area contributed by atoms with Crippen molar-refractivity contribution in [3.05, 3.63) is 33.8 Å². The Labute approximate surface area is 127 Å². The molecule has 2 nitrogen and oxygen atoms in total. The summed E-state index contributed by atoms with van der Waals surface area (Å²) in [5, 5.41) is 3.89. The third-order valence-electron chi connectivity index (χ3n) is 3.54. The van der Waals surface area contributed by atoms with Crippen LogP contribution < -0.4 is 5.32 Å². The second kappa shape index (κ2) is 6.80. The van der Waals surface area contributed by atoms with Gasteiger partial charge in [0.1, 0.15) is 0 Å². The number of thioether (sulfide) groups is 1. The zero-order chi connectivity index (χ0) is 13.8. The summed E-state index contributed by atoms with van der Waals surface area (Å²) < 4.78 is 1.05. The molecule has 1 amide bonds. The van der Waals surface area contributed by atoms with Gasteiger partial charge < -0.3 is 5.32 Å². The van der Waals surface area contributed by atoms with Gasteiger partial charge in [0.25, 0.3) is 5.91 Å². The quantitative estimate of drug-likeness (QED) is 0.890. The summed E-state index contributed by atoms with van der Waals surface area (Å²) >= 11 is 5.47. The van der Waals surface area contributed by atoms with Crippen molar-refractivity contribution in [1.29, 1.82) is 0 Å². The van der Waals surface area contributed by atoms with Crippen molar-refractivity contribution in [2.45, 2.75) is 44.4 Å². The summed E-state index contributed by atoms with van der Waals surface area (Å²) in [6.07, 6.45) is 3.45. The predicted molar refractivity (Wildman–Crippen MR) is 85.9 cm³/mol. The Balaban J connectivity index is 1.92. The lowest BCUT2D eigenvalue weighted by Gasteiger charge is -2.13. The first-order chi connectivity index (χ1) is 9.10. The van der Waals surface area contributed by atoms with Crippen molar-refractivity contribution in [3.8, 4) is 0 Å². The van der Waals surface area contributed by atoms with E-state index in [1.54, 1.807) is 0 Å². The van der Waals surface area contributed by atoms with Gasteiger partial charge in [-0.15, -0.1) is 0 Å². The lowest BCUT2D eigenvalue weighted by Crippen LogP contribution is -2.33. The highest BCUT2D eigenvalue weighted by molar-refractivity contribution is 9.10. The summed E-state index contributed by atoms with van der Waals surface area (Å²) in [5.74, 6) is 1.22. The van der Waals surface area contributed by atoms with E-state index in [9.17, 15) is 4.79 Å². The zero-order valence-corrected chi connectivity index (χ0v) is 13.8. The van der Waals surface area contributed by atoms with Crippen LogP contribution in [0.5, 0.6) is 0 Å². The molecule has 0 radical (unpaired) electrons. The Bertz CT molecular complexity index is 463. The number of carbonyl (C=O) groups excluding carboxylic acids is 1. The van der Waals surface area contributed by atoms with Gasteiger partial charge in [0, 0.05) is 21.3 Å². The van der Waals surface area contributed by atoms with Crippen molar-refractivity contribution >= 4 is 33.6 Å². The molecule has 0 aliphatic heterocycles. The summed E-state index contributed by atoms with van der Waals surface area (Å²) in [6.45, 7) is 4.20. The normalized spacial score (nSPS) is 22.5. The Kier molecular flexibility index (Phi) is 5.34. The molecule has 4 heteroatoms. The Morgan fingerprint density at radius 2 is 2.26 bits per heavy atom. The molecule has 1 aliphatic carbocycles. The SMILES string of the molecule is CCSC1CCC(NC(=O)c2ccc(Br)c(C)c2)C1. The highest BCUT2D eigenvalue weighted by atomic mass is 79.9. The van der Waals surface area contributed by atoms with Crippen LogP contribution in [0.15, 0.2) is 22.7 Å². The van der Waals surface area contributed by atoms with Crippen molar-refractivity contribution in [3.63, 3.8) is 0 Å². The Morgan fingerprint density at radius 3 is 2.95 bits per heavy atom. The standard InChI is InChI=1S/C15H20BrNOS/c1-3-19-13-6-5-12(9-13)17-15(18)11-4-7-14(16)10(2)8-11/h4,7-8,12-13H,3,5-6,9H2,1-2H3,(H,17,18). The predicted octanol–water partition coefficient (Wildman–Crippen LogP) is 4.16. The molecule has 1 aliphatic rings. The van der Waals surface area contributed by atoms with Crippen LogP contribution in [-0.4, -0.2) is 23.0 Å². The lowest BCUT2D eigenvalue weighted by atomic mass is 10.1. The van der Waals surface area contributed by atoms with Crippen LogP contribution >= 0.6 is 27.7 Å². The molecule has 0 heterocycles. The fraction of sp³-hybridized carbons (Fsp3) is 0.533. The number of hydrogen-bond acceptors (Lipinski definition) is 2. The van der Waals surface area contributed by atoms with Crippen LogP contribution in [0.2, 0.25) is 0 Å². The number of nitrogens with one attached hydrogen (secondary N) is 1. The van der Waals surface area contributed by atoms with E-state index in [2.05, 4.69) is 28.2 Å². The molecular weight excluding hydrogens is 322 g/mol. The van der Waals surface area contributed by atoms with Crippen molar-refractivity contribution in [2.75, 3.05) is 5.75 Å². The molecule has 1 saturated carbocycles. The van der Waals surface area contributed by atoms with Crippen LogP contribution in [-0.2, 0) is 0 Å². The number of halogens is 1. The summed E-state index contributed by atoms with van der Waals surface area (Å²) in [7, 11) is 0. The fourth-order valence-corrected chi connectivity index (χ4v) is 3.90. The van der Waals surface area contributed by atoms with Gasteiger partial charge in [-0.05, 0) is 55.7 Å². The third kappa shape index (κ3) is 3.99. The summed E-state index contributed by atoms with van der Waals surface area (Å²) in [5.41, 5.74) is 1.85. The van der Waals surface area contributed by atoms with Gasteiger partial charge in [0.15, 0.2) is 0 Å². The molecule has 0 bridgehead atoms. The van der Waals surface area contributed by atoms with E-state index >= 15 is 0 Å². The minimum Gasteiger partial charge on any atom is -0.349 e. The van der Waals surface area contributed by atoms with Crippen LogP contribution in [0.25, 0.3) is 0 Å². The van der Waals surface area contributed by atoms with Gasteiger partial charge in [0.05, 0.1) is 0 Å². The fourth-order valence-electron chi connectivity index (χ4n) is 2.51. The molecule has 0 aromatic heterocycles. The summed E-state index contributed by atoms with van der Waals surface area (Å²) in [4.78, 5) is 12.2. The highest BCUT2D eigenvalue weighted by Crippen LogP contribution is 2.29. The first-order valence-corrected chi connectivity index (χ1v) is 8.63. The van der Waals surface area contributed by atoms with Gasteiger partial charge in [-0.2, -0.15) is 11.8 Å². The van der Waals surface area contributed by atoms with Gasteiger partial charge in [-0.25, -0.2) is 0 Å². The van der Waals surface area contributed by atoms with E-state index in [0.717, 1.165) is 39.4 Å². The highest BCUT2D eigenvalue weighted by Gasteiger charge is 2.25. The smallest absolute Gasteiger partial charge is 0.251 e. The molecule has 1 N–H and O–H groups in total. The van der Waals surface area contributed by atoms with E-state index in [4.69, 9.17) is 0 Å². The van der Waals surface area contributed by atoms with E-state index in [0.29, 0.717) is 6.04 Å². The third-order valence-corrected chi connectivity index (χ3v) is 5.66. The number of rotatable bonds is 4. The van der Waals surface area contributed by atoms with Crippen LogP contribution in [0.4, 0.5) is 0 Å². The molecule has 2 rings (SSSR count). The number of hydrogen-bond donors (Lipinski definition) is 1. The number of benzene rings is 1. The summed E-state index contributed by atoms with van der Waals surface area (Å²) in [6, 6.07) is 6.10. The topological polar surface area (TPSA) is 29.1 Å². The van der Waals surface area contributed by atoms with E-state index in [1.807, 2.05) is 36.9 Å². The maximum Gasteiger partial charge on any atom is 0.251 e. The molecule has 0 spiro atoms. The van der Waals surface area contributed by atoms with Gasteiger partial charge in [0.2, 0.25) is 0 Å². The van der Waals surface area contributed by atoms with E-state index < -0.39 is 0 Å². The first kappa shape index (κ1) is 14.9. The average molecular weight is 342 g/mol. The minimum atomic E-state index is 0.0581. The van der Waals surface area contributed by atoms with Gasteiger partial charge in [-0.1, -0.05) is 22.9 Å². The number of carbonyl (C=O) groups is 1. The number of aryl methyl sites for hydroxylation is 1. The van der Waals surface area contributed by atoms with Crippen LogP contribution in [0.1, 0.15) is 42.1 Å². The molecule has 2 unspecified atom stereocenters. The molecule has 104 valence electrons. The maximum atomic E-state index is 12.2. The van der Waals surface area contributed by atoms with E-state index in [1.165, 1.54) is 6.42 Å². The second-order valence-electron chi connectivity index (χ2n) is 5.02. The largest absolute Gasteiger partial charge is 0.349 e. The lowest BCUT2D eigenvalue weighted by molar-refractivity contribution is 0.0938. The first-order valence-electron chi connectivity index (χ1n) is 6.78. The Hall–Kier alpha value is -0.480. The minimum absolute atomic E-state index is 0.0581. The van der Waals surface area contributed by atoms with Crippen molar-refractivity contribution in [1.82, 2.24) is 5.32 Å². The van der Waals surface area contributed by atoms with Gasteiger partial charge in [-0.3, -0.25) is 4.79 Å². The van der Waals surface area contributed by atoms with Crippen molar-refractivity contribution in [2.24, 2.45) is 0 Å². The van der Waals surface area contributed by atoms with Crippen LogP contribution in [0.3, 0.4) is 0 Å². The molecule has 19 heavy (non-hydrogen) atoms. The molecule has 1 aromatic carbocycles. The molecule has 1 fully saturated rings.